The molecule has 2 rings (SSSR count). The maximum atomic E-state index is 12.5. The summed E-state index contributed by atoms with van der Waals surface area (Å²) in [4.78, 5) is 18.2. The lowest BCUT2D eigenvalue weighted by molar-refractivity contribution is 0.0497. The van der Waals surface area contributed by atoms with E-state index in [9.17, 15) is 9.90 Å². The Morgan fingerprint density at radius 1 is 1.58 bits per heavy atom. The molecule has 6 nitrogen and oxygen atoms in total. The number of aliphatic hydroxyl groups excluding tert-OH is 1. The normalized spacial score (nSPS) is 19.3. The van der Waals surface area contributed by atoms with Crippen molar-refractivity contribution < 1.29 is 9.90 Å². The molecule has 0 bridgehead atoms. The van der Waals surface area contributed by atoms with Gasteiger partial charge in [0, 0.05) is 6.54 Å². The van der Waals surface area contributed by atoms with Crippen molar-refractivity contribution in [1.82, 2.24) is 9.88 Å². The first-order valence-electron chi connectivity index (χ1n) is 6.22. The molecule has 0 saturated carbocycles. The number of halogens is 1. The van der Waals surface area contributed by atoms with Crippen molar-refractivity contribution in [3.8, 4) is 0 Å². The molecular formula is C12H17ClN4O2. The highest BCUT2D eigenvalue weighted by Gasteiger charge is 2.29. The average Bonchev–Trinajstić information content (AvgIpc) is 2.47. The number of likely N-dealkylation sites (tertiary alicyclic amines) is 1. The van der Waals surface area contributed by atoms with E-state index in [1.807, 2.05) is 0 Å². The molecule has 0 radical (unpaired) electrons. The quantitative estimate of drug-likeness (QED) is 0.569. The highest BCUT2D eigenvalue weighted by atomic mass is 35.5. The van der Waals surface area contributed by atoms with Crippen LogP contribution in [0, 0.1) is 0 Å². The third-order valence-corrected chi connectivity index (χ3v) is 3.60. The number of anilines is 1. The summed E-state index contributed by atoms with van der Waals surface area (Å²) >= 11 is 6.02. The predicted octanol–water partition coefficient (Wildman–Crippen LogP) is 1.01. The van der Waals surface area contributed by atoms with Gasteiger partial charge in [-0.25, -0.2) is 10.8 Å². The van der Waals surface area contributed by atoms with Gasteiger partial charge in [-0.1, -0.05) is 11.6 Å². The van der Waals surface area contributed by atoms with E-state index in [4.69, 9.17) is 17.4 Å². The van der Waals surface area contributed by atoms with E-state index in [1.54, 1.807) is 17.0 Å². The fourth-order valence-corrected chi connectivity index (χ4v) is 2.45. The van der Waals surface area contributed by atoms with E-state index in [1.165, 1.54) is 0 Å². The van der Waals surface area contributed by atoms with Gasteiger partial charge in [-0.3, -0.25) is 4.79 Å². The van der Waals surface area contributed by atoms with Gasteiger partial charge in [-0.05, 0) is 31.4 Å². The molecule has 0 aromatic carbocycles. The van der Waals surface area contributed by atoms with E-state index in [0.717, 1.165) is 19.3 Å². The molecule has 1 saturated heterocycles. The van der Waals surface area contributed by atoms with Crippen molar-refractivity contribution in [1.29, 1.82) is 0 Å². The Kier molecular flexibility index (Phi) is 4.57. The molecule has 1 fully saturated rings. The number of aromatic nitrogens is 1. The summed E-state index contributed by atoms with van der Waals surface area (Å²) in [5, 5.41) is 9.63. The summed E-state index contributed by atoms with van der Waals surface area (Å²) in [6.07, 6.45) is 2.74. The lowest BCUT2D eigenvalue weighted by Crippen LogP contribution is -2.46. The van der Waals surface area contributed by atoms with Crippen molar-refractivity contribution in [2.45, 2.75) is 25.3 Å². The Labute approximate surface area is 116 Å². The number of nitrogen functional groups attached to an aromatic ring is 1. The van der Waals surface area contributed by atoms with Crippen LogP contribution in [0.5, 0.6) is 0 Å². The molecule has 1 aliphatic rings. The van der Waals surface area contributed by atoms with Crippen LogP contribution in [0.3, 0.4) is 0 Å². The molecule has 4 N–H and O–H groups in total. The Hall–Kier alpha value is -1.37. The molecule has 7 heteroatoms. The number of carbonyl (C=O) groups is 1. The maximum absolute atomic E-state index is 12.5. The van der Waals surface area contributed by atoms with Crippen molar-refractivity contribution in [3.63, 3.8) is 0 Å². The maximum Gasteiger partial charge on any atom is 0.274 e. The van der Waals surface area contributed by atoms with Gasteiger partial charge in [-0.2, -0.15) is 0 Å². The number of hydrogen-bond donors (Lipinski definition) is 3. The Balaban J connectivity index is 2.27. The Bertz CT molecular complexity index is 469. The average molecular weight is 285 g/mol. The van der Waals surface area contributed by atoms with Crippen molar-refractivity contribution >= 4 is 23.3 Å². The smallest absolute Gasteiger partial charge is 0.274 e. The predicted molar refractivity (Wildman–Crippen MR) is 72.8 cm³/mol. The van der Waals surface area contributed by atoms with Gasteiger partial charge >= 0.3 is 0 Å². The zero-order valence-electron chi connectivity index (χ0n) is 10.5. The van der Waals surface area contributed by atoms with Crippen LogP contribution in [0.1, 0.15) is 29.8 Å². The van der Waals surface area contributed by atoms with Crippen molar-refractivity contribution in [2.24, 2.45) is 5.84 Å². The lowest BCUT2D eigenvalue weighted by atomic mass is 10.0. The molecule has 1 amide bonds. The largest absolute Gasteiger partial charge is 0.394 e. The summed E-state index contributed by atoms with van der Waals surface area (Å²) in [5.74, 6) is 5.40. The fraction of sp³-hybridized carbons (Fsp3) is 0.500. The van der Waals surface area contributed by atoms with E-state index in [-0.39, 0.29) is 29.3 Å². The van der Waals surface area contributed by atoms with E-state index in [0.29, 0.717) is 12.4 Å². The van der Waals surface area contributed by atoms with E-state index < -0.39 is 0 Å². The standard InChI is InChI=1S/C12H17ClN4O2/c13-9-4-5-10(16-14)15-11(9)12(19)17-6-2-1-3-8(17)7-18/h4-5,8,18H,1-3,6-7,14H2,(H,15,16). The van der Waals surface area contributed by atoms with Crippen molar-refractivity contribution in [2.75, 3.05) is 18.6 Å². The molecule has 104 valence electrons. The number of nitrogens with one attached hydrogen (secondary N) is 1. The van der Waals surface area contributed by atoms with E-state index >= 15 is 0 Å². The van der Waals surface area contributed by atoms with Gasteiger partial charge < -0.3 is 15.4 Å². The molecule has 19 heavy (non-hydrogen) atoms. The minimum absolute atomic E-state index is 0.0435. The molecule has 1 atom stereocenters. The van der Waals surface area contributed by atoms with Crippen LogP contribution >= 0.6 is 11.6 Å². The van der Waals surface area contributed by atoms with Crippen LogP contribution in [0.2, 0.25) is 5.02 Å². The monoisotopic (exact) mass is 284 g/mol. The van der Waals surface area contributed by atoms with Gasteiger partial charge in [0.25, 0.3) is 5.91 Å². The Morgan fingerprint density at radius 2 is 2.37 bits per heavy atom. The third kappa shape index (κ3) is 2.97. The third-order valence-electron chi connectivity index (χ3n) is 3.30. The number of pyridine rings is 1. The van der Waals surface area contributed by atoms with Gasteiger partial charge in [0.05, 0.1) is 17.7 Å². The van der Waals surface area contributed by atoms with Gasteiger partial charge in [-0.15, -0.1) is 0 Å². The summed E-state index contributed by atoms with van der Waals surface area (Å²) in [6.45, 7) is 0.570. The summed E-state index contributed by atoms with van der Waals surface area (Å²) in [5.41, 5.74) is 2.55. The zero-order valence-corrected chi connectivity index (χ0v) is 11.2. The molecule has 0 aliphatic carbocycles. The molecule has 1 aromatic heterocycles. The number of nitrogens with zero attached hydrogens (tertiary/aromatic N) is 2. The zero-order chi connectivity index (χ0) is 13.8. The number of amides is 1. The summed E-state index contributed by atoms with van der Waals surface area (Å²) < 4.78 is 0. The molecule has 2 heterocycles. The number of hydrazine groups is 1. The summed E-state index contributed by atoms with van der Waals surface area (Å²) in [7, 11) is 0. The van der Waals surface area contributed by atoms with Crippen LogP contribution < -0.4 is 11.3 Å². The van der Waals surface area contributed by atoms with Crippen LogP contribution in [-0.4, -0.2) is 40.1 Å². The number of carbonyl (C=O) groups excluding carboxylic acids is 1. The fourth-order valence-electron chi connectivity index (χ4n) is 2.27. The molecule has 0 spiro atoms. The molecule has 1 unspecified atom stereocenters. The number of piperidine rings is 1. The van der Waals surface area contributed by atoms with Gasteiger partial charge in [0.2, 0.25) is 0 Å². The first kappa shape index (κ1) is 14.0. The number of aliphatic hydroxyl groups is 1. The molecular weight excluding hydrogens is 268 g/mol. The number of rotatable bonds is 3. The second-order valence-corrected chi connectivity index (χ2v) is 4.91. The molecule has 1 aliphatic heterocycles. The minimum atomic E-state index is -0.263. The van der Waals surface area contributed by atoms with Gasteiger partial charge in [0.1, 0.15) is 11.5 Å². The second-order valence-electron chi connectivity index (χ2n) is 4.50. The topological polar surface area (TPSA) is 91.5 Å². The first-order valence-corrected chi connectivity index (χ1v) is 6.60. The Morgan fingerprint density at radius 3 is 3.05 bits per heavy atom. The number of hydrogen-bond acceptors (Lipinski definition) is 5. The molecule has 1 aromatic rings. The SMILES string of the molecule is NNc1ccc(Cl)c(C(=O)N2CCCCC2CO)n1. The highest BCUT2D eigenvalue weighted by Crippen LogP contribution is 2.23. The number of nitrogens with two attached hydrogens (primary N) is 1. The van der Waals surface area contributed by atoms with Gasteiger partial charge in [0.15, 0.2) is 0 Å². The van der Waals surface area contributed by atoms with Crippen LogP contribution in [0.15, 0.2) is 12.1 Å². The lowest BCUT2D eigenvalue weighted by Gasteiger charge is -2.34. The van der Waals surface area contributed by atoms with Crippen LogP contribution in [0.4, 0.5) is 5.82 Å². The van der Waals surface area contributed by atoms with Crippen LogP contribution in [0.25, 0.3) is 0 Å². The van der Waals surface area contributed by atoms with Crippen LogP contribution in [-0.2, 0) is 0 Å². The minimum Gasteiger partial charge on any atom is -0.394 e. The first-order chi connectivity index (χ1) is 9.17. The van der Waals surface area contributed by atoms with E-state index in [2.05, 4.69) is 10.4 Å². The highest BCUT2D eigenvalue weighted by molar-refractivity contribution is 6.33. The van der Waals surface area contributed by atoms with Crippen molar-refractivity contribution in [3.05, 3.63) is 22.8 Å². The second kappa shape index (κ2) is 6.18. The summed E-state index contributed by atoms with van der Waals surface area (Å²) in [6, 6.07) is 3.02.